The van der Waals surface area contributed by atoms with Crippen LogP contribution in [0.15, 0.2) is 0 Å². The maximum absolute atomic E-state index is 5.06. The fourth-order valence-electron chi connectivity index (χ4n) is 2.37. The summed E-state index contributed by atoms with van der Waals surface area (Å²) in [4.78, 5) is 5.06. The molecule has 1 aromatic rings. The Kier molecular flexibility index (Phi) is 5.22. The molecule has 0 saturated carbocycles. The highest BCUT2D eigenvalue weighted by Gasteiger charge is 2.15. The predicted octanol–water partition coefficient (Wildman–Crippen LogP) is 3.23. The fraction of sp³-hybridized carbons (Fsp3) is 0.600. The van der Waals surface area contributed by atoms with E-state index in [1.807, 2.05) is 16.2 Å². The number of hydrogen-bond donors (Lipinski definition) is 0. The van der Waals surface area contributed by atoms with E-state index in [9.17, 15) is 0 Å². The van der Waals surface area contributed by atoms with Crippen molar-refractivity contribution in [3.8, 4) is 0 Å². The molecule has 0 bridgehead atoms. The number of rotatable bonds is 0. The highest BCUT2D eigenvalue weighted by molar-refractivity contribution is 7.12. The second kappa shape index (κ2) is 6.69. The monoisotopic (exact) mass is 265 g/mol. The van der Waals surface area contributed by atoms with Crippen molar-refractivity contribution in [1.82, 2.24) is 4.90 Å². The molecule has 2 radical (unpaired) electrons. The topological polar surface area (TPSA) is 12.5 Å². The first-order chi connectivity index (χ1) is 8.68. The van der Waals surface area contributed by atoms with E-state index >= 15 is 0 Å². The van der Waals surface area contributed by atoms with E-state index in [2.05, 4.69) is 20.9 Å². The van der Waals surface area contributed by atoms with E-state index in [1.54, 1.807) is 10.4 Å². The molecule has 2 aliphatic rings. The van der Waals surface area contributed by atoms with Crippen LogP contribution >= 0.6 is 11.3 Å². The van der Waals surface area contributed by atoms with E-state index < -0.39 is 0 Å². The summed E-state index contributed by atoms with van der Waals surface area (Å²) in [5, 5.41) is 0. The molecule has 0 spiro atoms. The van der Waals surface area contributed by atoms with Crippen LogP contribution in [-0.4, -0.2) is 31.2 Å². The van der Waals surface area contributed by atoms with Crippen LogP contribution in [0.4, 0.5) is 0 Å². The molecule has 3 heteroatoms. The largest absolute Gasteiger partial charge is 0.379 e. The summed E-state index contributed by atoms with van der Waals surface area (Å²) >= 11 is 1.95. The van der Waals surface area contributed by atoms with E-state index in [1.165, 1.54) is 36.1 Å². The van der Waals surface area contributed by atoms with Crippen LogP contribution in [0.3, 0.4) is 0 Å². The second-order valence-electron chi connectivity index (χ2n) is 4.98. The summed E-state index contributed by atoms with van der Waals surface area (Å²) in [7, 11) is 3.75. The summed E-state index contributed by atoms with van der Waals surface area (Å²) in [6.45, 7) is 9.96. The second-order valence-corrected chi connectivity index (χ2v) is 6.29. The normalized spacial score (nSPS) is 19.9. The van der Waals surface area contributed by atoms with Crippen LogP contribution in [0.2, 0.25) is 0 Å². The number of fused-ring (bicyclic) bond motifs is 1. The van der Waals surface area contributed by atoms with Crippen LogP contribution in [0.5, 0.6) is 0 Å². The van der Waals surface area contributed by atoms with Crippen LogP contribution in [0.1, 0.15) is 33.7 Å². The minimum absolute atomic E-state index is 0.851. The van der Waals surface area contributed by atoms with Crippen LogP contribution in [-0.2, 0) is 17.6 Å². The van der Waals surface area contributed by atoms with Gasteiger partial charge in [0.25, 0.3) is 0 Å². The van der Waals surface area contributed by atoms with Crippen LogP contribution < -0.4 is 0 Å². The van der Waals surface area contributed by atoms with Gasteiger partial charge in [0.15, 0.2) is 0 Å². The van der Waals surface area contributed by atoms with Gasteiger partial charge in [-0.3, -0.25) is 4.90 Å². The van der Waals surface area contributed by atoms with Crippen molar-refractivity contribution in [2.24, 2.45) is 0 Å². The molecule has 1 fully saturated rings. The van der Waals surface area contributed by atoms with E-state index in [0.717, 1.165) is 26.3 Å². The lowest BCUT2D eigenvalue weighted by Crippen LogP contribution is -2.30. The zero-order valence-corrected chi connectivity index (χ0v) is 12.2. The number of aryl methyl sites for hydroxylation is 2. The Morgan fingerprint density at radius 1 is 1.17 bits per heavy atom. The fourth-order valence-corrected chi connectivity index (χ4v) is 3.58. The number of hydrogen-bond acceptors (Lipinski definition) is 3. The van der Waals surface area contributed by atoms with Gasteiger partial charge in [0.2, 0.25) is 0 Å². The van der Waals surface area contributed by atoms with Crippen molar-refractivity contribution in [3.63, 3.8) is 0 Å². The third-order valence-corrected chi connectivity index (χ3v) is 4.84. The molecule has 1 aliphatic carbocycles. The molecule has 0 atom stereocenters. The Bertz CT molecular complexity index is 380. The average molecular weight is 265 g/mol. The molecule has 2 heterocycles. The zero-order valence-electron chi connectivity index (χ0n) is 11.3. The quantitative estimate of drug-likeness (QED) is 0.714. The molecular weight excluding hydrogens is 242 g/mol. The first kappa shape index (κ1) is 14.0. The molecule has 1 aliphatic heterocycles. The standard InChI is InChI=1S/C10H13S.C5H10NO/c1-7-8(2)11-10-6-4-3-5-9(7)10;1-6-2-4-7-5-3-6/h1,3-6H2,2H3;1-5H2. The van der Waals surface area contributed by atoms with E-state index in [-0.39, 0.29) is 0 Å². The van der Waals surface area contributed by atoms with Gasteiger partial charge in [-0.15, -0.1) is 11.3 Å². The Morgan fingerprint density at radius 2 is 1.83 bits per heavy atom. The molecule has 0 aromatic carbocycles. The van der Waals surface area contributed by atoms with Crippen molar-refractivity contribution in [2.45, 2.75) is 32.6 Å². The lowest BCUT2D eigenvalue weighted by molar-refractivity contribution is 0.0580. The van der Waals surface area contributed by atoms with E-state index in [4.69, 9.17) is 4.74 Å². The minimum Gasteiger partial charge on any atom is -0.379 e. The van der Waals surface area contributed by atoms with Gasteiger partial charge < -0.3 is 4.74 Å². The maximum atomic E-state index is 5.06. The highest BCUT2D eigenvalue weighted by atomic mass is 32.1. The average Bonchev–Trinajstić information content (AvgIpc) is 2.68. The number of nitrogens with zero attached hydrogens (tertiary/aromatic N) is 1. The summed E-state index contributed by atoms with van der Waals surface area (Å²) < 4.78 is 5.06. The van der Waals surface area contributed by atoms with Crippen molar-refractivity contribution in [3.05, 3.63) is 34.9 Å². The van der Waals surface area contributed by atoms with Crippen molar-refractivity contribution < 1.29 is 4.74 Å². The van der Waals surface area contributed by atoms with Gasteiger partial charge in [0.1, 0.15) is 0 Å². The minimum atomic E-state index is 0.851. The van der Waals surface area contributed by atoms with Gasteiger partial charge in [-0.25, -0.2) is 0 Å². The third-order valence-electron chi connectivity index (χ3n) is 3.59. The summed E-state index contributed by atoms with van der Waals surface area (Å²) in [6.07, 6.45) is 5.33. The molecule has 0 amide bonds. The Labute approximate surface area is 115 Å². The van der Waals surface area contributed by atoms with Crippen molar-refractivity contribution >= 4 is 11.3 Å². The van der Waals surface area contributed by atoms with Gasteiger partial charge in [-0.2, -0.15) is 0 Å². The maximum Gasteiger partial charge on any atom is 0.0594 e. The summed E-state index contributed by atoms with van der Waals surface area (Å²) in [6, 6.07) is 0. The summed E-state index contributed by atoms with van der Waals surface area (Å²) in [5.41, 5.74) is 2.89. The molecule has 1 saturated heterocycles. The van der Waals surface area contributed by atoms with Gasteiger partial charge >= 0.3 is 0 Å². The van der Waals surface area contributed by atoms with Crippen molar-refractivity contribution in [1.29, 1.82) is 0 Å². The molecule has 18 heavy (non-hydrogen) atoms. The molecule has 100 valence electrons. The highest BCUT2D eigenvalue weighted by Crippen LogP contribution is 2.32. The summed E-state index contributed by atoms with van der Waals surface area (Å²) in [5.74, 6) is 0. The zero-order chi connectivity index (χ0) is 13.0. The van der Waals surface area contributed by atoms with Crippen LogP contribution in [0.25, 0.3) is 0 Å². The molecule has 1 aromatic heterocycles. The number of ether oxygens (including phenoxy) is 1. The van der Waals surface area contributed by atoms with Gasteiger partial charge in [-0.05, 0) is 50.7 Å². The first-order valence-electron chi connectivity index (χ1n) is 6.74. The molecule has 2 nitrogen and oxygen atoms in total. The number of morpholine rings is 1. The predicted molar refractivity (Wildman–Crippen MR) is 77.9 cm³/mol. The SMILES string of the molecule is [CH2]N1CCOCC1.[CH2]c1c(C)sc2c1CCCC2. The molecule has 3 rings (SSSR count). The number of thiophene rings is 1. The first-order valence-corrected chi connectivity index (χ1v) is 7.56. The Balaban J connectivity index is 0.000000149. The van der Waals surface area contributed by atoms with E-state index in [0.29, 0.717) is 0 Å². The smallest absolute Gasteiger partial charge is 0.0594 e. The molecular formula is C15H23NOS. The van der Waals surface area contributed by atoms with Gasteiger partial charge in [0.05, 0.1) is 13.2 Å². The Morgan fingerprint density at radius 3 is 2.39 bits per heavy atom. The van der Waals surface area contributed by atoms with Gasteiger partial charge in [0, 0.05) is 29.9 Å². The van der Waals surface area contributed by atoms with Crippen LogP contribution in [0, 0.1) is 20.9 Å². The Hall–Kier alpha value is -0.380. The lowest BCUT2D eigenvalue weighted by atomic mass is 9.96. The molecule has 0 unspecified atom stereocenters. The molecule has 0 N–H and O–H groups in total. The third kappa shape index (κ3) is 3.56. The van der Waals surface area contributed by atoms with Gasteiger partial charge in [-0.1, -0.05) is 0 Å². The van der Waals surface area contributed by atoms with Crippen molar-refractivity contribution in [2.75, 3.05) is 26.3 Å². The lowest BCUT2D eigenvalue weighted by Gasteiger charge is -2.20.